The van der Waals surface area contributed by atoms with Crippen LogP contribution in [0.4, 0.5) is 0 Å². The number of carboxylic acids is 1. The minimum atomic E-state index is -1.05. The Bertz CT molecular complexity index is 449. The van der Waals surface area contributed by atoms with Crippen LogP contribution >= 0.6 is 0 Å². The molecule has 0 spiro atoms. The van der Waals surface area contributed by atoms with Gasteiger partial charge in [-0.15, -0.1) is 0 Å². The predicted molar refractivity (Wildman–Crippen MR) is 64.6 cm³/mol. The minimum absolute atomic E-state index is 0.237. The van der Waals surface area contributed by atoms with Crippen molar-refractivity contribution in [3.8, 4) is 0 Å². The highest BCUT2D eigenvalue weighted by atomic mass is 16.4. The van der Waals surface area contributed by atoms with E-state index in [1.165, 1.54) is 6.92 Å². The molecule has 92 valence electrons. The fourth-order valence-corrected chi connectivity index (χ4v) is 1.71. The van der Waals surface area contributed by atoms with Crippen molar-refractivity contribution in [3.63, 3.8) is 0 Å². The van der Waals surface area contributed by atoms with Gasteiger partial charge in [-0.1, -0.05) is 12.7 Å². The maximum atomic E-state index is 11.0. The quantitative estimate of drug-likeness (QED) is 0.716. The van der Waals surface area contributed by atoms with E-state index in [2.05, 4.69) is 16.9 Å². The Labute approximate surface area is 99.5 Å². The zero-order chi connectivity index (χ0) is 13.0. The monoisotopic (exact) mass is 236 g/mol. The first-order chi connectivity index (χ1) is 7.95. The first kappa shape index (κ1) is 13.0. The average Bonchev–Trinajstić information content (AvgIpc) is 2.57. The average molecular weight is 236 g/mol. The molecule has 0 saturated carbocycles. The van der Waals surface area contributed by atoms with Gasteiger partial charge in [-0.2, -0.15) is 0 Å². The van der Waals surface area contributed by atoms with E-state index in [9.17, 15) is 9.59 Å². The fraction of sp³-hybridized carbons (Fsp3) is 0.333. The molecule has 1 atom stereocenters. The van der Waals surface area contributed by atoms with Gasteiger partial charge in [-0.3, -0.25) is 4.79 Å². The van der Waals surface area contributed by atoms with Crippen LogP contribution in [0, 0.1) is 6.92 Å². The SMILES string of the molecule is C=Cc1c(CC(NC(C)=O)C(=O)O)c[nH]c1C. The summed E-state index contributed by atoms with van der Waals surface area (Å²) in [6.07, 6.45) is 3.65. The van der Waals surface area contributed by atoms with Crippen LogP contribution in [-0.4, -0.2) is 28.0 Å². The highest BCUT2D eigenvalue weighted by Crippen LogP contribution is 2.16. The number of aromatic amines is 1. The number of hydrogen-bond donors (Lipinski definition) is 3. The predicted octanol–water partition coefficient (Wildman–Crippen LogP) is 1.10. The Balaban J connectivity index is 2.89. The molecule has 17 heavy (non-hydrogen) atoms. The van der Waals surface area contributed by atoms with Crippen molar-refractivity contribution in [2.45, 2.75) is 26.3 Å². The number of nitrogens with one attached hydrogen (secondary N) is 2. The number of carbonyl (C=O) groups excluding carboxylic acids is 1. The molecule has 0 aromatic carbocycles. The third kappa shape index (κ3) is 3.21. The second kappa shape index (κ2) is 5.34. The number of hydrogen-bond acceptors (Lipinski definition) is 2. The molecule has 1 aromatic heterocycles. The van der Waals surface area contributed by atoms with Gasteiger partial charge in [-0.25, -0.2) is 4.79 Å². The molecule has 0 radical (unpaired) electrons. The summed E-state index contributed by atoms with van der Waals surface area (Å²) in [4.78, 5) is 24.9. The second-order valence-electron chi connectivity index (χ2n) is 3.85. The summed E-state index contributed by atoms with van der Waals surface area (Å²) in [6.45, 7) is 6.86. The Kier molecular flexibility index (Phi) is 4.09. The zero-order valence-electron chi connectivity index (χ0n) is 9.91. The molecule has 1 heterocycles. The van der Waals surface area contributed by atoms with Crippen LogP contribution in [0.15, 0.2) is 12.8 Å². The molecule has 5 heteroatoms. The van der Waals surface area contributed by atoms with E-state index >= 15 is 0 Å². The first-order valence-electron chi connectivity index (χ1n) is 5.25. The molecule has 1 rings (SSSR count). The first-order valence-corrected chi connectivity index (χ1v) is 5.25. The van der Waals surface area contributed by atoms with Crippen LogP contribution in [0.5, 0.6) is 0 Å². The van der Waals surface area contributed by atoms with E-state index in [4.69, 9.17) is 5.11 Å². The van der Waals surface area contributed by atoms with Crippen molar-refractivity contribution >= 4 is 18.0 Å². The lowest BCUT2D eigenvalue weighted by atomic mass is 10.0. The summed E-state index contributed by atoms with van der Waals surface area (Å²) in [6, 6.07) is -0.915. The van der Waals surface area contributed by atoms with Crippen LogP contribution in [0.2, 0.25) is 0 Å². The van der Waals surface area contributed by atoms with E-state index in [0.717, 1.165) is 16.8 Å². The fourth-order valence-electron chi connectivity index (χ4n) is 1.71. The van der Waals surface area contributed by atoms with Gasteiger partial charge in [0.1, 0.15) is 6.04 Å². The van der Waals surface area contributed by atoms with Gasteiger partial charge < -0.3 is 15.4 Å². The van der Waals surface area contributed by atoms with Crippen molar-refractivity contribution in [1.82, 2.24) is 10.3 Å². The van der Waals surface area contributed by atoms with Crippen LogP contribution in [-0.2, 0) is 16.0 Å². The summed E-state index contributed by atoms with van der Waals surface area (Å²) < 4.78 is 0. The number of H-pyrrole nitrogens is 1. The van der Waals surface area contributed by atoms with Crippen molar-refractivity contribution < 1.29 is 14.7 Å². The van der Waals surface area contributed by atoms with Crippen molar-refractivity contribution in [2.24, 2.45) is 0 Å². The van der Waals surface area contributed by atoms with Gasteiger partial charge in [0.2, 0.25) is 5.91 Å². The molecule has 0 fully saturated rings. The standard InChI is InChI=1S/C12H16N2O3/c1-4-10-7(2)13-6-9(10)5-11(12(16)17)14-8(3)15/h4,6,11,13H,1,5H2,2-3H3,(H,14,15)(H,16,17). The van der Waals surface area contributed by atoms with E-state index in [0.29, 0.717) is 0 Å². The van der Waals surface area contributed by atoms with Crippen LogP contribution < -0.4 is 5.32 Å². The molecule has 0 saturated heterocycles. The molecule has 1 amide bonds. The van der Waals surface area contributed by atoms with Gasteiger partial charge in [0.15, 0.2) is 0 Å². The highest BCUT2D eigenvalue weighted by molar-refractivity contribution is 5.82. The summed E-state index contributed by atoms with van der Waals surface area (Å²) in [7, 11) is 0. The smallest absolute Gasteiger partial charge is 0.326 e. The number of aromatic nitrogens is 1. The Morgan fingerprint density at radius 3 is 2.76 bits per heavy atom. The number of amides is 1. The molecule has 1 unspecified atom stereocenters. The normalized spacial score (nSPS) is 11.9. The van der Waals surface area contributed by atoms with Crippen LogP contribution in [0.25, 0.3) is 6.08 Å². The second-order valence-corrected chi connectivity index (χ2v) is 3.85. The lowest BCUT2D eigenvalue weighted by Crippen LogP contribution is -2.41. The Morgan fingerprint density at radius 1 is 1.65 bits per heavy atom. The third-order valence-electron chi connectivity index (χ3n) is 2.52. The molecule has 3 N–H and O–H groups in total. The summed E-state index contributed by atoms with van der Waals surface area (Å²) in [5.41, 5.74) is 2.65. The van der Waals surface area contributed by atoms with Gasteiger partial charge in [-0.05, 0) is 18.1 Å². The lowest BCUT2D eigenvalue weighted by molar-refractivity contribution is -0.141. The van der Waals surface area contributed by atoms with Crippen LogP contribution in [0.1, 0.15) is 23.7 Å². The number of rotatable bonds is 5. The lowest BCUT2D eigenvalue weighted by Gasteiger charge is -2.12. The molecule has 5 nitrogen and oxygen atoms in total. The summed E-state index contributed by atoms with van der Waals surface area (Å²) in [5, 5.41) is 11.4. The highest BCUT2D eigenvalue weighted by Gasteiger charge is 2.20. The number of aliphatic carboxylic acids is 1. The zero-order valence-corrected chi connectivity index (χ0v) is 9.91. The van der Waals surface area contributed by atoms with E-state index < -0.39 is 12.0 Å². The van der Waals surface area contributed by atoms with E-state index in [-0.39, 0.29) is 12.3 Å². The minimum Gasteiger partial charge on any atom is -0.480 e. The van der Waals surface area contributed by atoms with Gasteiger partial charge >= 0.3 is 5.97 Å². The molecular weight excluding hydrogens is 220 g/mol. The van der Waals surface area contributed by atoms with Crippen LogP contribution in [0.3, 0.4) is 0 Å². The Morgan fingerprint density at radius 2 is 2.29 bits per heavy atom. The molecular formula is C12H16N2O3. The third-order valence-corrected chi connectivity index (χ3v) is 2.52. The molecule has 0 aliphatic heterocycles. The van der Waals surface area contributed by atoms with Gasteiger partial charge in [0.05, 0.1) is 0 Å². The molecule has 0 aliphatic carbocycles. The van der Waals surface area contributed by atoms with Crippen molar-refractivity contribution in [3.05, 3.63) is 29.6 Å². The van der Waals surface area contributed by atoms with Gasteiger partial charge in [0, 0.05) is 25.2 Å². The largest absolute Gasteiger partial charge is 0.480 e. The van der Waals surface area contributed by atoms with Crippen molar-refractivity contribution in [1.29, 1.82) is 0 Å². The maximum absolute atomic E-state index is 11.0. The molecule has 0 bridgehead atoms. The van der Waals surface area contributed by atoms with Crippen molar-refractivity contribution in [2.75, 3.05) is 0 Å². The number of carboxylic acid groups (broad SMARTS) is 1. The molecule has 1 aromatic rings. The Hall–Kier alpha value is -2.04. The maximum Gasteiger partial charge on any atom is 0.326 e. The number of carbonyl (C=O) groups is 2. The number of aryl methyl sites for hydroxylation is 1. The summed E-state index contributed by atoms with van der Waals surface area (Å²) >= 11 is 0. The van der Waals surface area contributed by atoms with E-state index in [1.54, 1.807) is 12.3 Å². The topological polar surface area (TPSA) is 82.2 Å². The van der Waals surface area contributed by atoms with Gasteiger partial charge in [0.25, 0.3) is 0 Å². The molecule has 0 aliphatic rings. The summed E-state index contributed by atoms with van der Waals surface area (Å²) in [5.74, 6) is -1.40. The van der Waals surface area contributed by atoms with E-state index in [1.807, 2.05) is 6.92 Å².